The van der Waals surface area contributed by atoms with Crippen molar-refractivity contribution in [2.45, 2.75) is 24.2 Å². The lowest BCUT2D eigenvalue weighted by atomic mass is 10.1. The molecule has 4 rings (SSSR count). The third-order valence-electron chi connectivity index (χ3n) is 4.68. The third kappa shape index (κ3) is 4.89. The summed E-state index contributed by atoms with van der Waals surface area (Å²) in [7, 11) is -2.14. The minimum absolute atomic E-state index is 0.00965. The maximum absolute atomic E-state index is 14.6. The van der Waals surface area contributed by atoms with Crippen LogP contribution in [0.4, 0.5) is 15.2 Å². The molecule has 2 aromatic heterocycles. The predicted octanol–water partition coefficient (Wildman–Crippen LogP) is 3.57. The van der Waals surface area contributed by atoms with E-state index in [0.29, 0.717) is 18.4 Å². The Hall–Kier alpha value is -2.89. The average Bonchev–Trinajstić information content (AvgIpc) is 3.53. The van der Waals surface area contributed by atoms with E-state index in [0.717, 1.165) is 16.9 Å². The van der Waals surface area contributed by atoms with E-state index in [2.05, 4.69) is 20.0 Å². The first-order chi connectivity index (χ1) is 14.9. The van der Waals surface area contributed by atoms with Crippen LogP contribution in [0.25, 0.3) is 11.1 Å². The van der Waals surface area contributed by atoms with Crippen LogP contribution in [0, 0.1) is 5.82 Å². The highest BCUT2D eigenvalue weighted by Gasteiger charge is 2.36. The van der Waals surface area contributed by atoms with Crippen molar-refractivity contribution in [3.63, 3.8) is 0 Å². The number of hydrogen-bond donors (Lipinski definition) is 2. The molecule has 1 amide bonds. The van der Waals surface area contributed by atoms with Crippen molar-refractivity contribution in [3.8, 4) is 11.1 Å². The van der Waals surface area contributed by atoms with Crippen molar-refractivity contribution in [1.82, 2.24) is 9.97 Å². The van der Waals surface area contributed by atoms with E-state index in [-0.39, 0.29) is 21.8 Å². The van der Waals surface area contributed by atoms with E-state index in [9.17, 15) is 17.6 Å². The number of halogens is 1. The first kappa shape index (κ1) is 21.3. The molecule has 1 fully saturated rings. The maximum atomic E-state index is 14.6. The Labute approximate surface area is 182 Å². The summed E-state index contributed by atoms with van der Waals surface area (Å²) in [5, 5.41) is 3.79. The normalized spacial score (nSPS) is 14.8. The fourth-order valence-corrected chi connectivity index (χ4v) is 5.25. The van der Waals surface area contributed by atoms with Crippen LogP contribution in [-0.4, -0.2) is 36.7 Å². The summed E-state index contributed by atoms with van der Waals surface area (Å²) >= 11 is 1.05. The molecule has 0 spiro atoms. The van der Waals surface area contributed by atoms with Crippen LogP contribution in [0.2, 0.25) is 0 Å². The lowest BCUT2D eigenvalue weighted by Gasteiger charge is -2.14. The standard InChI is InChI=1S/C20H19FN4O4S2/c1-29-18(17-11-30-20(24-17)25-31(27,28)14-5-6-14)19(26)23-16-7-4-12(9-15(16)21)13-3-2-8-22-10-13/h2-4,7-11,14,18H,5-6H2,1H3,(H,23,26)(H,24,25). The van der Waals surface area contributed by atoms with Crippen molar-refractivity contribution >= 4 is 38.1 Å². The molecule has 0 aliphatic heterocycles. The lowest BCUT2D eigenvalue weighted by Crippen LogP contribution is -2.23. The molecule has 162 valence electrons. The molecule has 1 aliphatic carbocycles. The van der Waals surface area contributed by atoms with Gasteiger partial charge in [-0.1, -0.05) is 12.1 Å². The number of ether oxygens (including phenoxy) is 1. The van der Waals surface area contributed by atoms with Crippen molar-refractivity contribution in [1.29, 1.82) is 0 Å². The number of carbonyl (C=O) groups is 1. The van der Waals surface area contributed by atoms with Gasteiger partial charge in [-0.15, -0.1) is 11.3 Å². The summed E-state index contributed by atoms with van der Waals surface area (Å²) in [4.78, 5) is 20.8. The second-order valence-electron chi connectivity index (χ2n) is 6.97. The van der Waals surface area contributed by atoms with Gasteiger partial charge in [0.2, 0.25) is 10.0 Å². The number of sulfonamides is 1. The number of nitrogens with zero attached hydrogens (tertiary/aromatic N) is 2. The van der Waals surface area contributed by atoms with Crippen molar-refractivity contribution in [3.05, 3.63) is 59.6 Å². The fourth-order valence-electron chi connectivity index (χ4n) is 2.93. The van der Waals surface area contributed by atoms with E-state index in [4.69, 9.17) is 4.74 Å². The van der Waals surface area contributed by atoms with Gasteiger partial charge in [0.25, 0.3) is 5.91 Å². The summed E-state index contributed by atoms with van der Waals surface area (Å²) in [5.74, 6) is -1.24. The monoisotopic (exact) mass is 462 g/mol. The first-order valence-electron chi connectivity index (χ1n) is 9.38. The number of aromatic nitrogens is 2. The number of nitrogens with one attached hydrogen (secondary N) is 2. The Morgan fingerprint density at radius 2 is 2.10 bits per heavy atom. The highest BCUT2D eigenvalue weighted by Crippen LogP contribution is 2.32. The zero-order chi connectivity index (χ0) is 22.0. The highest BCUT2D eigenvalue weighted by atomic mass is 32.2. The Balaban J connectivity index is 1.47. The predicted molar refractivity (Wildman–Crippen MR) is 116 cm³/mol. The number of thiazole rings is 1. The van der Waals surface area contributed by atoms with Crippen LogP contribution in [-0.2, 0) is 19.6 Å². The molecule has 31 heavy (non-hydrogen) atoms. The van der Waals surface area contributed by atoms with E-state index in [1.165, 1.54) is 24.6 Å². The molecule has 0 saturated heterocycles. The summed E-state index contributed by atoms with van der Waals surface area (Å²) in [6.07, 6.45) is 3.36. The van der Waals surface area contributed by atoms with E-state index in [1.54, 1.807) is 30.6 Å². The summed E-state index contributed by atoms with van der Waals surface area (Å²) in [5.41, 5.74) is 1.59. The van der Waals surface area contributed by atoms with Crippen molar-refractivity contribution in [2.24, 2.45) is 0 Å². The Bertz CT molecular complexity index is 1200. The van der Waals surface area contributed by atoms with Crippen LogP contribution < -0.4 is 10.0 Å². The molecule has 1 aromatic carbocycles. The smallest absolute Gasteiger partial charge is 0.259 e. The zero-order valence-corrected chi connectivity index (χ0v) is 18.0. The summed E-state index contributed by atoms with van der Waals surface area (Å²) < 4.78 is 46.3. The second kappa shape index (κ2) is 8.69. The number of benzene rings is 1. The van der Waals surface area contributed by atoms with Gasteiger partial charge in [-0.25, -0.2) is 17.8 Å². The second-order valence-corrected chi connectivity index (χ2v) is 9.78. The third-order valence-corrected chi connectivity index (χ3v) is 7.41. The minimum Gasteiger partial charge on any atom is -0.365 e. The fraction of sp³-hybridized carbons (Fsp3) is 0.250. The molecule has 11 heteroatoms. The number of anilines is 2. The summed E-state index contributed by atoms with van der Waals surface area (Å²) in [6.45, 7) is 0. The molecule has 8 nitrogen and oxygen atoms in total. The molecule has 2 heterocycles. The number of pyridine rings is 1. The molecule has 1 saturated carbocycles. The highest BCUT2D eigenvalue weighted by molar-refractivity contribution is 7.93. The molecule has 1 aliphatic rings. The first-order valence-corrected chi connectivity index (χ1v) is 11.8. The number of rotatable bonds is 8. The molecule has 3 aromatic rings. The zero-order valence-electron chi connectivity index (χ0n) is 16.4. The maximum Gasteiger partial charge on any atom is 0.259 e. The van der Waals surface area contributed by atoms with Gasteiger partial charge < -0.3 is 10.1 Å². The summed E-state index contributed by atoms with van der Waals surface area (Å²) in [6, 6.07) is 7.99. The number of methoxy groups -OCH3 is 1. The molecule has 1 unspecified atom stereocenters. The minimum atomic E-state index is -3.46. The van der Waals surface area contributed by atoms with Gasteiger partial charge in [-0.3, -0.25) is 14.5 Å². The topological polar surface area (TPSA) is 110 Å². The van der Waals surface area contributed by atoms with Gasteiger partial charge >= 0.3 is 0 Å². The van der Waals surface area contributed by atoms with E-state index in [1.807, 2.05) is 0 Å². The van der Waals surface area contributed by atoms with E-state index < -0.39 is 27.9 Å². The van der Waals surface area contributed by atoms with Gasteiger partial charge in [0, 0.05) is 30.4 Å². The van der Waals surface area contributed by atoms with Gasteiger partial charge in [0.15, 0.2) is 11.2 Å². The molecule has 0 radical (unpaired) electrons. The van der Waals surface area contributed by atoms with Gasteiger partial charge in [-0.05, 0) is 36.6 Å². The van der Waals surface area contributed by atoms with Gasteiger partial charge in [0.1, 0.15) is 5.82 Å². The average molecular weight is 463 g/mol. The van der Waals surface area contributed by atoms with E-state index >= 15 is 0 Å². The number of amides is 1. The van der Waals surface area contributed by atoms with Crippen LogP contribution >= 0.6 is 11.3 Å². The number of carbonyl (C=O) groups excluding carboxylic acids is 1. The largest absolute Gasteiger partial charge is 0.365 e. The van der Waals surface area contributed by atoms with Gasteiger partial charge in [0.05, 0.1) is 16.6 Å². The van der Waals surface area contributed by atoms with Crippen molar-refractivity contribution < 1.29 is 22.3 Å². The quantitative estimate of drug-likeness (QED) is 0.530. The number of hydrogen-bond acceptors (Lipinski definition) is 7. The van der Waals surface area contributed by atoms with Crippen molar-refractivity contribution in [2.75, 3.05) is 17.1 Å². The Morgan fingerprint density at radius 1 is 1.29 bits per heavy atom. The van der Waals surface area contributed by atoms with Crippen LogP contribution in [0.3, 0.4) is 0 Å². The molecular formula is C20H19FN4O4S2. The molecule has 0 bridgehead atoms. The SMILES string of the molecule is COC(C(=O)Nc1ccc(-c2cccnc2)cc1F)c1csc(NS(=O)(=O)C2CC2)n1. The van der Waals surface area contributed by atoms with Crippen LogP contribution in [0.5, 0.6) is 0 Å². The van der Waals surface area contributed by atoms with Crippen LogP contribution in [0.1, 0.15) is 24.6 Å². The molecule has 1 atom stereocenters. The molecule has 2 N–H and O–H groups in total. The van der Waals surface area contributed by atoms with Gasteiger partial charge in [-0.2, -0.15) is 0 Å². The molecular weight excluding hydrogens is 443 g/mol. The Kier molecular flexibility index (Phi) is 5.99. The lowest BCUT2D eigenvalue weighted by molar-refractivity contribution is -0.126. The van der Waals surface area contributed by atoms with Crippen LogP contribution in [0.15, 0.2) is 48.1 Å². The Morgan fingerprint density at radius 3 is 2.74 bits per heavy atom.